The van der Waals surface area contributed by atoms with Crippen LogP contribution in [0, 0.1) is 13.8 Å². The third-order valence-corrected chi connectivity index (χ3v) is 3.86. The van der Waals surface area contributed by atoms with Crippen molar-refractivity contribution in [2.75, 3.05) is 11.5 Å². The molecule has 0 amide bonds. The van der Waals surface area contributed by atoms with Gasteiger partial charge in [-0.1, -0.05) is 12.1 Å². The molecular formula is C20H20N2O2. The highest BCUT2D eigenvalue weighted by atomic mass is 16.5. The van der Waals surface area contributed by atoms with Crippen molar-refractivity contribution in [3.05, 3.63) is 71.8 Å². The first-order valence-corrected chi connectivity index (χ1v) is 7.70. The minimum atomic E-state index is 0.670. The molecule has 0 unspecified atom stereocenters. The smallest absolute Gasteiger partial charge is 0.130 e. The Labute approximate surface area is 141 Å². The zero-order valence-corrected chi connectivity index (χ0v) is 13.7. The third kappa shape index (κ3) is 3.43. The lowest BCUT2D eigenvalue weighted by Crippen LogP contribution is -1.95. The maximum Gasteiger partial charge on any atom is 0.130 e. The summed E-state index contributed by atoms with van der Waals surface area (Å²) in [7, 11) is 0. The van der Waals surface area contributed by atoms with Crippen molar-refractivity contribution in [3.63, 3.8) is 0 Å². The molecule has 0 heterocycles. The van der Waals surface area contributed by atoms with Gasteiger partial charge in [-0.2, -0.15) is 0 Å². The quantitative estimate of drug-likeness (QED) is 0.660. The summed E-state index contributed by atoms with van der Waals surface area (Å²) >= 11 is 0. The van der Waals surface area contributed by atoms with Crippen molar-refractivity contribution in [1.29, 1.82) is 0 Å². The van der Waals surface area contributed by atoms with E-state index >= 15 is 0 Å². The van der Waals surface area contributed by atoms with Gasteiger partial charge in [0.25, 0.3) is 0 Å². The lowest BCUT2D eigenvalue weighted by atomic mass is 10.1. The van der Waals surface area contributed by atoms with Gasteiger partial charge in [0.05, 0.1) is 0 Å². The number of hydrogen-bond donors (Lipinski definition) is 2. The Morgan fingerprint density at radius 1 is 0.625 bits per heavy atom. The Hall–Kier alpha value is -3.14. The number of benzene rings is 3. The molecule has 0 aliphatic carbocycles. The summed E-state index contributed by atoms with van der Waals surface area (Å²) in [5.41, 5.74) is 14.9. The summed E-state index contributed by atoms with van der Waals surface area (Å²) in [5.74, 6) is 2.97. The zero-order chi connectivity index (χ0) is 17.1. The summed E-state index contributed by atoms with van der Waals surface area (Å²) in [4.78, 5) is 0. The summed E-state index contributed by atoms with van der Waals surface area (Å²) in [6, 6.07) is 18.5. The third-order valence-electron chi connectivity index (χ3n) is 3.86. The first-order valence-electron chi connectivity index (χ1n) is 7.70. The molecule has 0 saturated carbocycles. The Balaban J connectivity index is 1.86. The monoisotopic (exact) mass is 320 g/mol. The van der Waals surface area contributed by atoms with Gasteiger partial charge in [-0.05, 0) is 61.4 Å². The largest absolute Gasteiger partial charge is 0.457 e. The lowest BCUT2D eigenvalue weighted by molar-refractivity contribution is 0.463. The van der Waals surface area contributed by atoms with Crippen LogP contribution in [0.3, 0.4) is 0 Å². The number of nitrogens with two attached hydrogens (primary N) is 2. The first kappa shape index (κ1) is 15.7. The van der Waals surface area contributed by atoms with Gasteiger partial charge < -0.3 is 20.9 Å². The molecule has 24 heavy (non-hydrogen) atoms. The van der Waals surface area contributed by atoms with Gasteiger partial charge in [-0.25, -0.2) is 0 Å². The van der Waals surface area contributed by atoms with Gasteiger partial charge >= 0.3 is 0 Å². The van der Waals surface area contributed by atoms with Gasteiger partial charge in [0, 0.05) is 23.5 Å². The van der Waals surface area contributed by atoms with Crippen LogP contribution in [0.1, 0.15) is 11.1 Å². The molecule has 4 nitrogen and oxygen atoms in total. The van der Waals surface area contributed by atoms with Crippen LogP contribution in [0.25, 0.3) is 0 Å². The number of nitrogen functional groups attached to an aromatic ring is 2. The van der Waals surface area contributed by atoms with E-state index in [0.717, 1.165) is 22.6 Å². The number of rotatable bonds is 4. The van der Waals surface area contributed by atoms with Crippen LogP contribution in [-0.4, -0.2) is 0 Å². The predicted octanol–water partition coefficient (Wildman–Crippen LogP) is 5.05. The lowest BCUT2D eigenvalue weighted by Gasteiger charge is -2.15. The molecule has 0 aliphatic heterocycles. The second-order valence-electron chi connectivity index (χ2n) is 5.66. The van der Waals surface area contributed by atoms with Crippen LogP contribution >= 0.6 is 0 Å². The topological polar surface area (TPSA) is 70.5 Å². The molecule has 0 aliphatic rings. The minimum absolute atomic E-state index is 0.670. The maximum atomic E-state index is 5.94. The van der Waals surface area contributed by atoms with Crippen LogP contribution in [0.4, 0.5) is 11.4 Å². The van der Waals surface area contributed by atoms with Crippen molar-refractivity contribution in [3.8, 4) is 23.0 Å². The van der Waals surface area contributed by atoms with Gasteiger partial charge in [0.1, 0.15) is 23.0 Å². The standard InChI is InChI=1S/C20H20N2O2/c1-13-14(2)20(24-18-8-4-6-16(22)12-18)10-9-19(13)23-17-7-3-5-15(21)11-17/h3-12H,21-22H2,1-2H3. The predicted molar refractivity (Wildman–Crippen MR) is 97.8 cm³/mol. The van der Waals surface area contributed by atoms with Crippen LogP contribution in [0.2, 0.25) is 0 Å². The van der Waals surface area contributed by atoms with E-state index in [2.05, 4.69) is 0 Å². The van der Waals surface area contributed by atoms with E-state index in [4.69, 9.17) is 20.9 Å². The van der Waals surface area contributed by atoms with Crippen molar-refractivity contribution >= 4 is 11.4 Å². The average Bonchev–Trinajstić information content (AvgIpc) is 2.55. The van der Waals surface area contributed by atoms with E-state index < -0.39 is 0 Å². The molecular weight excluding hydrogens is 300 g/mol. The number of anilines is 2. The fourth-order valence-electron chi connectivity index (χ4n) is 2.40. The zero-order valence-electron chi connectivity index (χ0n) is 13.7. The number of ether oxygens (including phenoxy) is 2. The molecule has 0 spiro atoms. The van der Waals surface area contributed by atoms with Crippen molar-refractivity contribution in [1.82, 2.24) is 0 Å². The molecule has 3 aromatic rings. The average molecular weight is 320 g/mol. The molecule has 122 valence electrons. The molecule has 0 radical (unpaired) electrons. The van der Waals surface area contributed by atoms with Gasteiger partial charge in [0.2, 0.25) is 0 Å². The normalized spacial score (nSPS) is 10.4. The molecule has 0 aromatic heterocycles. The van der Waals surface area contributed by atoms with Gasteiger partial charge in [-0.15, -0.1) is 0 Å². The Bertz CT molecular complexity index is 803. The SMILES string of the molecule is Cc1c(Oc2cccc(N)c2)ccc(Oc2cccc(N)c2)c1C. The van der Waals surface area contributed by atoms with Crippen LogP contribution in [0.15, 0.2) is 60.7 Å². The summed E-state index contributed by atoms with van der Waals surface area (Å²) in [5, 5.41) is 0. The fraction of sp³-hybridized carbons (Fsp3) is 0.100. The molecule has 0 bridgehead atoms. The van der Waals surface area contributed by atoms with E-state index in [1.807, 2.05) is 62.4 Å². The Morgan fingerprint density at radius 3 is 1.42 bits per heavy atom. The molecule has 0 saturated heterocycles. The highest BCUT2D eigenvalue weighted by Gasteiger charge is 2.10. The maximum absolute atomic E-state index is 5.94. The summed E-state index contributed by atoms with van der Waals surface area (Å²) < 4.78 is 11.9. The van der Waals surface area contributed by atoms with E-state index in [-0.39, 0.29) is 0 Å². The Kier molecular flexibility index (Phi) is 4.29. The molecule has 0 fully saturated rings. The van der Waals surface area contributed by atoms with E-state index in [0.29, 0.717) is 22.9 Å². The first-order chi connectivity index (χ1) is 11.5. The fourth-order valence-corrected chi connectivity index (χ4v) is 2.40. The van der Waals surface area contributed by atoms with Crippen molar-refractivity contribution in [2.24, 2.45) is 0 Å². The van der Waals surface area contributed by atoms with Gasteiger partial charge in [0.15, 0.2) is 0 Å². The van der Waals surface area contributed by atoms with E-state index in [1.165, 1.54) is 0 Å². The molecule has 3 aromatic carbocycles. The summed E-state index contributed by atoms with van der Waals surface area (Å²) in [6.45, 7) is 4.01. The van der Waals surface area contributed by atoms with Crippen LogP contribution in [-0.2, 0) is 0 Å². The van der Waals surface area contributed by atoms with E-state index in [9.17, 15) is 0 Å². The molecule has 4 N–H and O–H groups in total. The Morgan fingerprint density at radius 2 is 1.04 bits per heavy atom. The highest BCUT2D eigenvalue weighted by Crippen LogP contribution is 2.35. The minimum Gasteiger partial charge on any atom is -0.457 e. The highest BCUT2D eigenvalue weighted by molar-refractivity contribution is 5.52. The molecule has 4 heteroatoms. The van der Waals surface area contributed by atoms with Crippen LogP contribution < -0.4 is 20.9 Å². The van der Waals surface area contributed by atoms with Crippen molar-refractivity contribution < 1.29 is 9.47 Å². The van der Waals surface area contributed by atoms with Crippen LogP contribution in [0.5, 0.6) is 23.0 Å². The molecule has 3 rings (SSSR count). The second kappa shape index (κ2) is 6.54. The van der Waals surface area contributed by atoms with Gasteiger partial charge in [-0.3, -0.25) is 0 Å². The van der Waals surface area contributed by atoms with Crippen molar-refractivity contribution in [2.45, 2.75) is 13.8 Å². The second-order valence-corrected chi connectivity index (χ2v) is 5.66. The van der Waals surface area contributed by atoms with E-state index in [1.54, 1.807) is 12.1 Å². The number of hydrogen-bond acceptors (Lipinski definition) is 4. The summed E-state index contributed by atoms with van der Waals surface area (Å²) in [6.07, 6.45) is 0. The molecule has 0 atom stereocenters.